The zero-order valence-corrected chi connectivity index (χ0v) is 22.0. The monoisotopic (exact) mass is 497 g/mol. The van der Waals surface area contributed by atoms with Crippen molar-refractivity contribution in [3.05, 3.63) is 35.4 Å². The third kappa shape index (κ3) is 5.92. The molecular formula is C28H43N5O3. The summed E-state index contributed by atoms with van der Waals surface area (Å²) in [6.07, 6.45) is 8.68. The molecule has 8 heteroatoms. The fraction of sp³-hybridized carbons (Fsp3) is 0.679. The maximum absolute atomic E-state index is 14.0. The lowest BCUT2D eigenvalue weighted by Crippen LogP contribution is -2.58. The molecule has 0 spiro atoms. The fourth-order valence-electron chi connectivity index (χ4n) is 6.15. The quantitative estimate of drug-likeness (QED) is 0.440. The summed E-state index contributed by atoms with van der Waals surface area (Å²) in [5, 5.41) is 12.6. The van der Waals surface area contributed by atoms with Crippen LogP contribution in [0.1, 0.15) is 75.5 Å². The van der Waals surface area contributed by atoms with Gasteiger partial charge in [0.05, 0.1) is 12.1 Å². The van der Waals surface area contributed by atoms with Crippen LogP contribution in [0.15, 0.2) is 24.3 Å². The van der Waals surface area contributed by atoms with Crippen LogP contribution in [0.5, 0.6) is 0 Å². The van der Waals surface area contributed by atoms with Crippen molar-refractivity contribution in [2.75, 3.05) is 20.6 Å². The van der Waals surface area contributed by atoms with E-state index >= 15 is 0 Å². The summed E-state index contributed by atoms with van der Waals surface area (Å²) < 4.78 is 0. The van der Waals surface area contributed by atoms with Crippen LogP contribution in [0.2, 0.25) is 0 Å². The van der Waals surface area contributed by atoms with Gasteiger partial charge in [-0.15, -0.1) is 0 Å². The molecule has 8 nitrogen and oxygen atoms in total. The molecule has 36 heavy (non-hydrogen) atoms. The van der Waals surface area contributed by atoms with Crippen molar-refractivity contribution in [3.8, 4) is 0 Å². The highest BCUT2D eigenvalue weighted by atomic mass is 16.2. The molecule has 4 rings (SSSR count). The lowest BCUT2D eigenvalue weighted by Gasteiger charge is -2.35. The molecule has 5 atom stereocenters. The van der Waals surface area contributed by atoms with Crippen molar-refractivity contribution in [1.29, 1.82) is 0 Å². The average molecular weight is 498 g/mol. The Kier molecular flexibility index (Phi) is 9.01. The average Bonchev–Trinajstić information content (AvgIpc) is 3.36. The van der Waals surface area contributed by atoms with Crippen molar-refractivity contribution in [1.82, 2.24) is 26.2 Å². The highest BCUT2D eigenvalue weighted by molar-refractivity contribution is 5.94. The predicted octanol–water partition coefficient (Wildman–Crippen LogP) is 2.04. The van der Waals surface area contributed by atoms with E-state index in [2.05, 4.69) is 33.4 Å². The molecule has 1 aliphatic heterocycles. The minimum absolute atomic E-state index is 0.0293. The Morgan fingerprint density at radius 1 is 1.00 bits per heavy atom. The SMILES string of the molecule is CN[C@H]1C[C@@H](C(=O)N[C@@H]2CCCc3ccccc32)N(C(=O)[C@@H](NC(=O)[C@H](C)NC)C2CCCCC2)C1. The molecule has 3 aliphatic rings. The summed E-state index contributed by atoms with van der Waals surface area (Å²) in [5.41, 5.74) is 2.48. The van der Waals surface area contributed by atoms with Crippen molar-refractivity contribution >= 4 is 17.7 Å². The molecule has 0 unspecified atom stereocenters. The first-order chi connectivity index (χ1) is 17.4. The minimum atomic E-state index is -0.602. The number of carbonyl (C=O) groups excluding carboxylic acids is 3. The molecule has 3 amide bonds. The van der Waals surface area contributed by atoms with Gasteiger partial charge < -0.3 is 26.2 Å². The number of hydrogen-bond acceptors (Lipinski definition) is 5. The van der Waals surface area contributed by atoms with E-state index in [1.165, 1.54) is 11.1 Å². The number of benzene rings is 1. The van der Waals surface area contributed by atoms with Crippen LogP contribution in [-0.2, 0) is 20.8 Å². The minimum Gasteiger partial charge on any atom is -0.347 e. The van der Waals surface area contributed by atoms with Crippen LogP contribution >= 0.6 is 0 Å². The molecule has 1 aromatic carbocycles. The van der Waals surface area contributed by atoms with Crippen LogP contribution in [0.4, 0.5) is 0 Å². The molecule has 2 fully saturated rings. The fourth-order valence-corrected chi connectivity index (χ4v) is 6.15. The number of rotatable bonds is 8. The number of aryl methyl sites for hydroxylation is 1. The van der Waals surface area contributed by atoms with Gasteiger partial charge >= 0.3 is 0 Å². The zero-order valence-electron chi connectivity index (χ0n) is 22.0. The van der Waals surface area contributed by atoms with Crippen molar-refractivity contribution in [3.63, 3.8) is 0 Å². The van der Waals surface area contributed by atoms with Crippen molar-refractivity contribution in [2.45, 2.75) is 94.9 Å². The van der Waals surface area contributed by atoms with Gasteiger partial charge in [0.1, 0.15) is 12.1 Å². The highest BCUT2D eigenvalue weighted by Crippen LogP contribution is 2.32. The first-order valence-corrected chi connectivity index (χ1v) is 13.8. The number of amides is 3. The Morgan fingerprint density at radius 3 is 2.47 bits per heavy atom. The second kappa shape index (κ2) is 12.2. The maximum Gasteiger partial charge on any atom is 0.246 e. The standard InChI is InChI=1S/C28H43N5O3/c1-18(29-2)26(34)32-25(20-11-5-4-6-12-20)28(36)33-17-21(30-3)16-24(33)27(35)31-23-15-9-13-19-10-7-8-14-22(19)23/h7-8,10,14,18,20-21,23-25,29-30H,4-6,9,11-13,15-17H2,1-3H3,(H,31,35)(H,32,34)/t18-,21-,23+,24-,25-/m0/s1. The second-order valence-electron chi connectivity index (χ2n) is 10.8. The molecule has 1 heterocycles. The molecule has 0 bridgehead atoms. The molecule has 1 saturated heterocycles. The Labute approximate surface area is 215 Å². The smallest absolute Gasteiger partial charge is 0.246 e. The highest BCUT2D eigenvalue weighted by Gasteiger charge is 2.44. The van der Waals surface area contributed by atoms with Crippen LogP contribution in [0.25, 0.3) is 0 Å². The van der Waals surface area contributed by atoms with Gasteiger partial charge in [0.2, 0.25) is 17.7 Å². The Balaban J connectivity index is 1.53. The first kappa shape index (κ1) is 26.6. The van der Waals surface area contributed by atoms with E-state index in [1.807, 2.05) is 19.2 Å². The summed E-state index contributed by atoms with van der Waals surface area (Å²) in [6, 6.07) is 6.79. The molecule has 1 aromatic rings. The summed E-state index contributed by atoms with van der Waals surface area (Å²) >= 11 is 0. The van der Waals surface area contributed by atoms with Gasteiger partial charge in [-0.1, -0.05) is 43.5 Å². The van der Waals surface area contributed by atoms with E-state index in [4.69, 9.17) is 0 Å². The van der Waals surface area contributed by atoms with E-state index in [-0.39, 0.29) is 35.7 Å². The molecule has 0 radical (unpaired) electrons. The molecular weight excluding hydrogens is 454 g/mol. The molecule has 1 saturated carbocycles. The van der Waals surface area contributed by atoms with Gasteiger partial charge in [0.15, 0.2) is 0 Å². The summed E-state index contributed by atoms with van der Waals surface area (Å²) in [5.74, 6) is -0.298. The Bertz CT molecular complexity index is 932. The number of likely N-dealkylation sites (N-methyl/N-ethyl adjacent to an activating group) is 2. The van der Waals surface area contributed by atoms with Crippen molar-refractivity contribution in [2.24, 2.45) is 5.92 Å². The van der Waals surface area contributed by atoms with Crippen LogP contribution in [0.3, 0.4) is 0 Å². The molecule has 4 N–H and O–H groups in total. The van der Waals surface area contributed by atoms with Crippen LogP contribution < -0.4 is 21.3 Å². The third-order valence-electron chi connectivity index (χ3n) is 8.49. The maximum atomic E-state index is 14.0. The number of carbonyl (C=O) groups is 3. The van der Waals surface area contributed by atoms with Crippen molar-refractivity contribution < 1.29 is 14.4 Å². The third-order valence-corrected chi connectivity index (χ3v) is 8.49. The van der Waals surface area contributed by atoms with Gasteiger partial charge in [0, 0.05) is 12.6 Å². The van der Waals surface area contributed by atoms with E-state index in [0.717, 1.165) is 51.4 Å². The zero-order chi connectivity index (χ0) is 25.7. The second-order valence-corrected chi connectivity index (χ2v) is 10.8. The predicted molar refractivity (Wildman–Crippen MR) is 140 cm³/mol. The first-order valence-electron chi connectivity index (χ1n) is 13.8. The van der Waals surface area contributed by atoms with Crippen LogP contribution in [-0.4, -0.2) is 67.4 Å². The lowest BCUT2D eigenvalue weighted by atomic mass is 9.83. The summed E-state index contributed by atoms with van der Waals surface area (Å²) in [7, 11) is 3.61. The van der Waals surface area contributed by atoms with Crippen LogP contribution in [0, 0.1) is 5.92 Å². The molecule has 2 aliphatic carbocycles. The molecule has 198 valence electrons. The Morgan fingerprint density at radius 2 is 1.75 bits per heavy atom. The van der Waals surface area contributed by atoms with Gasteiger partial charge in [-0.25, -0.2) is 0 Å². The summed E-state index contributed by atoms with van der Waals surface area (Å²) in [4.78, 5) is 42.2. The number of likely N-dealkylation sites (tertiary alicyclic amines) is 1. The lowest BCUT2D eigenvalue weighted by molar-refractivity contribution is -0.143. The van der Waals surface area contributed by atoms with E-state index in [1.54, 1.807) is 18.9 Å². The number of fused-ring (bicyclic) bond motifs is 1. The largest absolute Gasteiger partial charge is 0.347 e. The van der Waals surface area contributed by atoms with E-state index in [9.17, 15) is 14.4 Å². The van der Waals surface area contributed by atoms with E-state index < -0.39 is 18.1 Å². The number of nitrogens with zero attached hydrogens (tertiary/aromatic N) is 1. The Hall–Kier alpha value is -2.45. The number of hydrogen-bond donors (Lipinski definition) is 4. The number of nitrogens with one attached hydrogen (secondary N) is 4. The van der Waals surface area contributed by atoms with E-state index in [0.29, 0.717) is 13.0 Å². The summed E-state index contributed by atoms with van der Waals surface area (Å²) in [6.45, 7) is 2.26. The molecule has 0 aromatic heterocycles. The van der Waals surface area contributed by atoms with Gasteiger partial charge in [0.25, 0.3) is 0 Å². The topological polar surface area (TPSA) is 103 Å². The van der Waals surface area contributed by atoms with Gasteiger partial charge in [-0.2, -0.15) is 0 Å². The normalized spacial score (nSPS) is 26.1. The van der Waals surface area contributed by atoms with Gasteiger partial charge in [-0.3, -0.25) is 14.4 Å². The van der Waals surface area contributed by atoms with Gasteiger partial charge in [-0.05, 0) is 76.6 Å².